The Morgan fingerprint density at radius 3 is 2.67 bits per heavy atom. The highest BCUT2D eigenvalue weighted by Crippen LogP contribution is 2.42. The minimum absolute atomic E-state index is 0.0755. The minimum atomic E-state index is -1.14. The number of carbonyl (C=O) groups is 2. The van der Waals surface area contributed by atoms with Crippen LogP contribution in [-0.4, -0.2) is 30.6 Å². The van der Waals surface area contributed by atoms with Crippen molar-refractivity contribution < 1.29 is 24.2 Å². The van der Waals surface area contributed by atoms with Crippen LogP contribution < -0.4 is 9.47 Å². The summed E-state index contributed by atoms with van der Waals surface area (Å²) >= 11 is 9.14. The van der Waals surface area contributed by atoms with Gasteiger partial charge in [-0.25, -0.2) is 4.79 Å². The van der Waals surface area contributed by atoms with E-state index >= 15 is 0 Å². The van der Waals surface area contributed by atoms with Gasteiger partial charge < -0.3 is 14.6 Å². The number of benzene rings is 1. The third-order valence-corrected chi connectivity index (χ3v) is 3.59. The fourth-order valence-electron chi connectivity index (χ4n) is 1.18. The summed E-state index contributed by atoms with van der Waals surface area (Å²) in [5.74, 6) is -0.867. The van der Waals surface area contributed by atoms with E-state index in [1.54, 1.807) is 0 Å². The number of carboxylic acids is 1. The molecule has 0 saturated carbocycles. The first-order valence-electron chi connectivity index (χ1n) is 4.83. The molecule has 5 nitrogen and oxygen atoms in total. The fourth-order valence-corrected chi connectivity index (χ4v) is 1.81. The van der Waals surface area contributed by atoms with Gasteiger partial charge in [0.2, 0.25) is 0 Å². The van der Waals surface area contributed by atoms with Crippen LogP contribution in [0.2, 0.25) is 5.02 Å². The third-order valence-electron chi connectivity index (χ3n) is 2.15. The Bertz CT molecular complexity index is 489. The molecule has 0 fully saturated rings. The molecule has 0 aliphatic carbocycles. The predicted octanol–water partition coefficient (Wildman–Crippen LogP) is 2.78. The Labute approximate surface area is 117 Å². The minimum Gasteiger partial charge on any atom is -0.493 e. The summed E-state index contributed by atoms with van der Waals surface area (Å²) in [4.78, 5) is 21.6. The number of ether oxygens (including phenoxy) is 2. The van der Waals surface area contributed by atoms with Gasteiger partial charge in [-0.1, -0.05) is 11.6 Å². The van der Waals surface area contributed by atoms with Crippen molar-refractivity contribution in [2.24, 2.45) is 0 Å². The molecule has 0 amide bonds. The summed E-state index contributed by atoms with van der Waals surface area (Å²) in [5, 5.41) is 8.88. The standard InChI is InChI=1S/C11H10BrClO5/c1-5(11(15)16)18-10-7(17-2)3-6(4-14)8(12)9(10)13/h3-5H,1-2H3,(H,15,16). The average molecular weight is 338 g/mol. The van der Waals surface area contributed by atoms with E-state index in [1.807, 2.05) is 0 Å². The molecule has 1 aromatic rings. The van der Waals surface area contributed by atoms with Crippen LogP contribution in [0.25, 0.3) is 0 Å². The summed E-state index contributed by atoms with van der Waals surface area (Å²) in [6, 6.07) is 1.41. The predicted molar refractivity (Wildman–Crippen MR) is 68.8 cm³/mol. The average Bonchev–Trinajstić information content (AvgIpc) is 2.35. The van der Waals surface area contributed by atoms with E-state index in [2.05, 4.69) is 15.9 Å². The van der Waals surface area contributed by atoms with Crippen molar-refractivity contribution in [3.8, 4) is 11.5 Å². The summed E-state index contributed by atoms with van der Waals surface area (Å²) in [5.41, 5.74) is 0.284. The van der Waals surface area contributed by atoms with E-state index in [4.69, 9.17) is 26.2 Å². The van der Waals surface area contributed by atoms with E-state index < -0.39 is 12.1 Å². The van der Waals surface area contributed by atoms with Gasteiger partial charge in [0.25, 0.3) is 0 Å². The Hall–Kier alpha value is -1.27. The van der Waals surface area contributed by atoms with Crippen LogP contribution in [0.4, 0.5) is 0 Å². The molecule has 0 aliphatic heterocycles. The molecule has 1 atom stereocenters. The summed E-state index contributed by atoms with van der Waals surface area (Å²) in [6.07, 6.45) is -0.492. The first-order chi connectivity index (χ1) is 8.42. The van der Waals surface area contributed by atoms with Gasteiger partial charge in [0.05, 0.1) is 11.6 Å². The lowest BCUT2D eigenvalue weighted by molar-refractivity contribution is -0.144. The molecule has 1 rings (SSSR count). The zero-order valence-electron chi connectivity index (χ0n) is 9.57. The molecular weight excluding hydrogens is 327 g/mol. The number of hydrogen-bond acceptors (Lipinski definition) is 4. The normalized spacial score (nSPS) is 11.8. The van der Waals surface area contributed by atoms with Gasteiger partial charge in [-0.3, -0.25) is 4.79 Å². The van der Waals surface area contributed by atoms with Crippen LogP contribution in [0, 0.1) is 0 Å². The molecule has 7 heteroatoms. The molecular formula is C11H10BrClO5. The molecule has 1 N–H and O–H groups in total. The smallest absolute Gasteiger partial charge is 0.344 e. The van der Waals surface area contributed by atoms with Crippen molar-refractivity contribution in [2.45, 2.75) is 13.0 Å². The van der Waals surface area contributed by atoms with Crippen molar-refractivity contribution in [2.75, 3.05) is 7.11 Å². The van der Waals surface area contributed by atoms with Gasteiger partial charge in [0.1, 0.15) is 5.02 Å². The monoisotopic (exact) mass is 336 g/mol. The van der Waals surface area contributed by atoms with Gasteiger partial charge in [0.15, 0.2) is 23.9 Å². The van der Waals surface area contributed by atoms with Crippen LogP contribution in [0.5, 0.6) is 11.5 Å². The highest BCUT2D eigenvalue weighted by molar-refractivity contribution is 9.10. The maximum atomic E-state index is 10.8. The summed E-state index contributed by atoms with van der Waals surface area (Å²) in [6.45, 7) is 1.36. The van der Waals surface area contributed by atoms with E-state index in [-0.39, 0.29) is 22.1 Å². The Morgan fingerprint density at radius 2 is 2.22 bits per heavy atom. The lowest BCUT2D eigenvalue weighted by atomic mass is 10.2. The lowest BCUT2D eigenvalue weighted by Crippen LogP contribution is -2.23. The molecule has 0 aliphatic rings. The molecule has 1 aromatic carbocycles. The number of carboxylic acid groups (broad SMARTS) is 1. The maximum Gasteiger partial charge on any atom is 0.344 e. The van der Waals surface area contributed by atoms with Crippen molar-refractivity contribution >= 4 is 39.8 Å². The Morgan fingerprint density at radius 1 is 1.61 bits per heavy atom. The van der Waals surface area contributed by atoms with Gasteiger partial charge in [-0.2, -0.15) is 0 Å². The molecule has 0 spiro atoms. The molecule has 0 heterocycles. The molecule has 0 radical (unpaired) electrons. The number of carbonyl (C=O) groups excluding carboxylic acids is 1. The molecule has 0 saturated heterocycles. The van der Waals surface area contributed by atoms with Gasteiger partial charge >= 0.3 is 5.97 Å². The second-order valence-corrected chi connectivity index (χ2v) is 4.51. The molecule has 1 unspecified atom stereocenters. The number of methoxy groups -OCH3 is 1. The van der Waals surface area contributed by atoms with Gasteiger partial charge in [0, 0.05) is 5.56 Å². The molecule has 0 bridgehead atoms. The van der Waals surface area contributed by atoms with Crippen LogP contribution in [-0.2, 0) is 4.79 Å². The second kappa shape index (κ2) is 6.06. The van der Waals surface area contributed by atoms with Crippen molar-refractivity contribution in [3.05, 3.63) is 21.1 Å². The SMILES string of the molecule is COc1cc(C=O)c(Br)c(Cl)c1OC(C)C(=O)O. The number of rotatable bonds is 5. The fraction of sp³-hybridized carbons (Fsp3) is 0.273. The number of aldehydes is 1. The topological polar surface area (TPSA) is 72.8 Å². The molecule has 0 aromatic heterocycles. The number of halogens is 2. The number of aliphatic carboxylic acids is 1. The number of hydrogen-bond donors (Lipinski definition) is 1. The molecule has 98 valence electrons. The van der Waals surface area contributed by atoms with E-state index in [9.17, 15) is 9.59 Å². The first-order valence-corrected chi connectivity index (χ1v) is 6.00. The zero-order chi connectivity index (χ0) is 13.9. The van der Waals surface area contributed by atoms with Gasteiger partial charge in [-0.15, -0.1) is 0 Å². The Kier molecular flexibility index (Phi) is 4.98. The second-order valence-electron chi connectivity index (χ2n) is 3.34. The molecule has 18 heavy (non-hydrogen) atoms. The van der Waals surface area contributed by atoms with Crippen LogP contribution in [0.1, 0.15) is 17.3 Å². The maximum absolute atomic E-state index is 10.8. The first kappa shape index (κ1) is 14.8. The van der Waals surface area contributed by atoms with Crippen molar-refractivity contribution in [3.63, 3.8) is 0 Å². The van der Waals surface area contributed by atoms with E-state index in [0.717, 1.165) is 0 Å². The summed E-state index contributed by atoms with van der Waals surface area (Å²) in [7, 11) is 1.37. The zero-order valence-corrected chi connectivity index (χ0v) is 11.9. The highest BCUT2D eigenvalue weighted by atomic mass is 79.9. The highest BCUT2D eigenvalue weighted by Gasteiger charge is 2.21. The van der Waals surface area contributed by atoms with Crippen molar-refractivity contribution in [1.29, 1.82) is 0 Å². The van der Waals surface area contributed by atoms with Gasteiger partial charge in [-0.05, 0) is 28.9 Å². The van der Waals surface area contributed by atoms with E-state index in [0.29, 0.717) is 10.8 Å². The van der Waals surface area contributed by atoms with Crippen LogP contribution >= 0.6 is 27.5 Å². The van der Waals surface area contributed by atoms with E-state index in [1.165, 1.54) is 20.1 Å². The quantitative estimate of drug-likeness (QED) is 0.836. The summed E-state index contributed by atoms with van der Waals surface area (Å²) < 4.78 is 10.6. The van der Waals surface area contributed by atoms with Crippen LogP contribution in [0.15, 0.2) is 10.5 Å². The largest absolute Gasteiger partial charge is 0.493 e. The van der Waals surface area contributed by atoms with Crippen LogP contribution in [0.3, 0.4) is 0 Å². The Balaban J connectivity index is 3.29. The van der Waals surface area contributed by atoms with Crippen molar-refractivity contribution in [1.82, 2.24) is 0 Å². The lowest BCUT2D eigenvalue weighted by Gasteiger charge is -2.16. The third kappa shape index (κ3) is 2.94.